The van der Waals surface area contributed by atoms with E-state index in [-0.39, 0.29) is 6.10 Å². The van der Waals surface area contributed by atoms with Crippen molar-refractivity contribution < 1.29 is 9.53 Å². The first-order valence-electron chi connectivity index (χ1n) is 14.5. The molecule has 1 amide bonds. The van der Waals surface area contributed by atoms with Crippen molar-refractivity contribution in [2.75, 3.05) is 45.1 Å². The first-order valence-corrected chi connectivity index (χ1v) is 14.5. The Morgan fingerprint density at radius 3 is 2.46 bits per heavy atom. The molecule has 0 spiro atoms. The number of aromatic nitrogens is 1. The number of piperazine rings is 1. The number of nitrogens with one attached hydrogen (secondary N) is 1. The number of likely N-dealkylation sites (N-methyl/N-ethyl adjacent to an activating group) is 1. The van der Waals surface area contributed by atoms with Gasteiger partial charge in [-0.1, -0.05) is 24.3 Å². The summed E-state index contributed by atoms with van der Waals surface area (Å²) < 4.78 is 7.61. The molecule has 1 aromatic heterocycles. The molecule has 1 aliphatic carbocycles. The van der Waals surface area contributed by atoms with Gasteiger partial charge in [0.15, 0.2) is 0 Å². The van der Waals surface area contributed by atoms with Crippen molar-refractivity contribution in [3.8, 4) is 17.3 Å². The lowest BCUT2D eigenvalue weighted by Crippen LogP contribution is -2.44. The summed E-state index contributed by atoms with van der Waals surface area (Å²) in [6.07, 6.45) is 6.30. The highest BCUT2D eigenvalue weighted by Crippen LogP contribution is 2.43. The molecular formula is C32H41N5O2. The maximum atomic E-state index is 12.0. The number of fused-ring (bicyclic) bond motifs is 1. The molecule has 0 unspecified atom stereocenters. The summed E-state index contributed by atoms with van der Waals surface area (Å²) in [5, 5.41) is 14.1. The largest absolute Gasteiger partial charge is 0.447 e. The number of benzene rings is 2. The number of nitriles is 1. The third-order valence-electron chi connectivity index (χ3n) is 8.15. The molecule has 2 fully saturated rings. The predicted octanol–water partition coefficient (Wildman–Crippen LogP) is 6.43. The van der Waals surface area contributed by atoms with Crippen LogP contribution in [0.1, 0.15) is 63.1 Å². The number of aryl methyl sites for hydroxylation is 1. The van der Waals surface area contributed by atoms with E-state index in [0.29, 0.717) is 11.7 Å². The van der Waals surface area contributed by atoms with Crippen LogP contribution in [-0.4, -0.2) is 66.3 Å². The Morgan fingerprint density at radius 1 is 1.08 bits per heavy atom. The molecule has 3 aromatic rings. The van der Waals surface area contributed by atoms with Crippen molar-refractivity contribution in [3.05, 3.63) is 53.6 Å². The SMILES string of the molecule is CC(C)OC(=O)Nc1ccc(-c2c(C#N)c3ccc(CCCCN4CCN(C)CC4)cc3n2C2CCC2)cc1. The quantitative estimate of drug-likeness (QED) is 0.325. The van der Waals surface area contributed by atoms with Crippen LogP contribution in [-0.2, 0) is 11.2 Å². The van der Waals surface area contributed by atoms with Crippen molar-refractivity contribution in [1.82, 2.24) is 14.4 Å². The molecular weight excluding hydrogens is 486 g/mol. The Hall–Kier alpha value is -3.34. The minimum atomic E-state index is -0.463. The Kier molecular flexibility index (Phi) is 8.54. The second-order valence-electron chi connectivity index (χ2n) is 11.4. The molecule has 7 heteroatoms. The molecule has 2 aliphatic rings. The van der Waals surface area contributed by atoms with Gasteiger partial charge in [0.25, 0.3) is 0 Å². The molecule has 1 aliphatic heterocycles. The highest BCUT2D eigenvalue weighted by atomic mass is 16.6. The molecule has 0 bridgehead atoms. The number of nitrogens with zero attached hydrogens (tertiary/aromatic N) is 4. The predicted molar refractivity (Wildman–Crippen MR) is 157 cm³/mol. The third kappa shape index (κ3) is 6.29. The van der Waals surface area contributed by atoms with Gasteiger partial charge < -0.3 is 19.1 Å². The zero-order valence-corrected chi connectivity index (χ0v) is 23.6. The molecule has 1 saturated heterocycles. The summed E-state index contributed by atoms with van der Waals surface area (Å²) in [6, 6.07) is 17.4. The standard InChI is InChI=1S/C32H41N5O2/c1-23(2)39-32(38)34-26-13-11-25(12-14-26)31-29(22-33)28-15-10-24(21-30(28)37(31)27-8-6-9-27)7-4-5-16-36-19-17-35(3)18-20-36/h10-15,21,23,27H,4-9,16-20H2,1-3H3,(H,34,38). The summed E-state index contributed by atoms with van der Waals surface area (Å²) in [6.45, 7) is 9.52. The topological polar surface area (TPSA) is 73.5 Å². The molecule has 2 aromatic carbocycles. The van der Waals surface area contributed by atoms with Gasteiger partial charge in [-0.3, -0.25) is 5.32 Å². The van der Waals surface area contributed by atoms with Gasteiger partial charge in [-0.05, 0) is 95.3 Å². The summed E-state index contributed by atoms with van der Waals surface area (Å²) >= 11 is 0. The first kappa shape index (κ1) is 27.2. The van der Waals surface area contributed by atoms with E-state index in [1.165, 1.54) is 63.1 Å². The van der Waals surface area contributed by atoms with Crippen molar-refractivity contribution in [2.24, 2.45) is 0 Å². The van der Waals surface area contributed by atoms with E-state index in [9.17, 15) is 10.1 Å². The van der Waals surface area contributed by atoms with Gasteiger partial charge in [-0.15, -0.1) is 0 Å². The maximum absolute atomic E-state index is 12.0. The normalized spacial score (nSPS) is 16.8. The van der Waals surface area contributed by atoms with E-state index >= 15 is 0 Å². The van der Waals surface area contributed by atoms with E-state index < -0.39 is 6.09 Å². The monoisotopic (exact) mass is 527 g/mol. The van der Waals surface area contributed by atoms with Crippen LogP contribution in [0.2, 0.25) is 0 Å². The number of hydrogen-bond acceptors (Lipinski definition) is 5. The first-order chi connectivity index (χ1) is 18.9. The summed E-state index contributed by atoms with van der Waals surface area (Å²) in [4.78, 5) is 17.0. The van der Waals surface area contributed by atoms with Gasteiger partial charge in [0.1, 0.15) is 6.07 Å². The number of ether oxygens (including phenoxy) is 1. The molecule has 39 heavy (non-hydrogen) atoms. The van der Waals surface area contributed by atoms with Crippen LogP contribution in [0, 0.1) is 11.3 Å². The van der Waals surface area contributed by atoms with Crippen LogP contribution in [0.5, 0.6) is 0 Å². The zero-order valence-electron chi connectivity index (χ0n) is 23.6. The molecule has 7 nitrogen and oxygen atoms in total. The molecule has 206 valence electrons. The fourth-order valence-electron chi connectivity index (χ4n) is 5.74. The Morgan fingerprint density at radius 2 is 1.82 bits per heavy atom. The number of amides is 1. The number of hydrogen-bond donors (Lipinski definition) is 1. The summed E-state index contributed by atoms with van der Waals surface area (Å²) in [7, 11) is 2.20. The average Bonchev–Trinajstić information content (AvgIpc) is 3.20. The zero-order chi connectivity index (χ0) is 27.4. The van der Waals surface area contributed by atoms with Crippen LogP contribution in [0.25, 0.3) is 22.2 Å². The number of anilines is 1. The molecule has 1 N–H and O–H groups in total. The van der Waals surface area contributed by atoms with Gasteiger partial charge in [0.05, 0.1) is 22.9 Å². The molecule has 0 radical (unpaired) electrons. The third-order valence-corrected chi connectivity index (χ3v) is 8.15. The fraction of sp³-hybridized carbons (Fsp3) is 0.500. The van der Waals surface area contributed by atoms with Gasteiger partial charge in [0.2, 0.25) is 0 Å². The Bertz CT molecular complexity index is 1330. The maximum Gasteiger partial charge on any atom is 0.411 e. The second-order valence-corrected chi connectivity index (χ2v) is 11.4. The van der Waals surface area contributed by atoms with Crippen LogP contribution >= 0.6 is 0 Å². The van der Waals surface area contributed by atoms with Crippen molar-refractivity contribution in [1.29, 1.82) is 5.26 Å². The van der Waals surface area contributed by atoms with E-state index in [0.717, 1.165) is 41.5 Å². The lowest BCUT2D eigenvalue weighted by atomic mass is 9.92. The molecule has 2 heterocycles. The Balaban J connectivity index is 1.36. The van der Waals surface area contributed by atoms with Crippen LogP contribution < -0.4 is 5.32 Å². The summed E-state index contributed by atoms with van der Waals surface area (Å²) in [5.41, 5.74) is 5.90. The highest BCUT2D eigenvalue weighted by molar-refractivity contribution is 5.95. The van der Waals surface area contributed by atoms with Gasteiger partial charge in [0, 0.05) is 43.3 Å². The van der Waals surface area contributed by atoms with Crippen molar-refractivity contribution >= 4 is 22.7 Å². The van der Waals surface area contributed by atoms with Crippen molar-refractivity contribution in [2.45, 2.75) is 64.5 Å². The number of carbonyl (C=O) groups excluding carboxylic acids is 1. The lowest BCUT2D eigenvalue weighted by Gasteiger charge is -2.32. The smallest absolute Gasteiger partial charge is 0.411 e. The fourth-order valence-corrected chi connectivity index (χ4v) is 5.74. The van der Waals surface area contributed by atoms with E-state index in [4.69, 9.17) is 4.74 Å². The van der Waals surface area contributed by atoms with E-state index in [1.54, 1.807) is 0 Å². The van der Waals surface area contributed by atoms with E-state index in [2.05, 4.69) is 51.0 Å². The highest BCUT2D eigenvalue weighted by Gasteiger charge is 2.28. The number of carbonyl (C=O) groups is 1. The van der Waals surface area contributed by atoms with Crippen molar-refractivity contribution in [3.63, 3.8) is 0 Å². The second kappa shape index (κ2) is 12.2. The molecule has 1 saturated carbocycles. The minimum Gasteiger partial charge on any atom is -0.447 e. The minimum absolute atomic E-state index is 0.178. The van der Waals surface area contributed by atoms with Gasteiger partial charge in [-0.2, -0.15) is 5.26 Å². The van der Waals surface area contributed by atoms with E-state index in [1.807, 2.05) is 38.1 Å². The van der Waals surface area contributed by atoms with Crippen LogP contribution in [0.15, 0.2) is 42.5 Å². The number of unbranched alkanes of at least 4 members (excludes halogenated alkanes) is 1. The molecule has 5 rings (SSSR count). The van der Waals surface area contributed by atoms with Crippen LogP contribution in [0.3, 0.4) is 0 Å². The molecule has 0 atom stereocenters. The summed E-state index contributed by atoms with van der Waals surface area (Å²) in [5.74, 6) is 0. The number of rotatable bonds is 9. The van der Waals surface area contributed by atoms with Crippen LogP contribution in [0.4, 0.5) is 10.5 Å². The van der Waals surface area contributed by atoms with Gasteiger partial charge in [-0.25, -0.2) is 4.79 Å². The average molecular weight is 528 g/mol. The lowest BCUT2D eigenvalue weighted by molar-refractivity contribution is 0.130. The van der Waals surface area contributed by atoms with Gasteiger partial charge >= 0.3 is 6.09 Å². The Labute approximate surface area is 232 Å².